The van der Waals surface area contributed by atoms with E-state index in [4.69, 9.17) is 10.7 Å². The maximum absolute atomic E-state index is 13.4. The SMILES string of the molecule is C\C=C/C(=C\C(CCC)C(F)(F)F)C(/N=C(/CN)C1CCC1)=C(/C)CC. The van der Waals surface area contributed by atoms with Gasteiger partial charge in [0.1, 0.15) is 0 Å². The van der Waals surface area contributed by atoms with Gasteiger partial charge in [0.2, 0.25) is 0 Å². The van der Waals surface area contributed by atoms with Crippen molar-refractivity contribution in [3.63, 3.8) is 0 Å². The Kier molecular flexibility index (Phi) is 9.34. The van der Waals surface area contributed by atoms with E-state index in [-0.39, 0.29) is 6.42 Å². The second-order valence-electron chi connectivity index (χ2n) is 6.98. The summed E-state index contributed by atoms with van der Waals surface area (Å²) in [4.78, 5) is 4.79. The second-order valence-corrected chi connectivity index (χ2v) is 6.98. The Labute approximate surface area is 156 Å². The topological polar surface area (TPSA) is 38.4 Å². The molecule has 0 bridgehead atoms. The molecule has 0 amide bonds. The van der Waals surface area contributed by atoms with Gasteiger partial charge in [-0.3, -0.25) is 4.99 Å². The summed E-state index contributed by atoms with van der Waals surface area (Å²) >= 11 is 0. The maximum Gasteiger partial charge on any atom is 0.395 e. The number of halogens is 3. The highest BCUT2D eigenvalue weighted by Gasteiger charge is 2.37. The van der Waals surface area contributed by atoms with Crippen molar-refractivity contribution in [2.45, 2.75) is 72.4 Å². The molecule has 2 nitrogen and oxygen atoms in total. The van der Waals surface area contributed by atoms with Crippen LogP contribution in [-0.2, 0) is 0 Å². The summed E-state index contributed by atoms with van der Waals surface area (Å²) in [5, 5.41) is 0. The summed E-state index contributed by atoms with van der Waals surface area (Å²) in [5.41, 5.74) is 8.99. The monoisotopic (exact) mass is 370 g/mol. The van der Waals surface area contributed by atoms with E-state index in [9.17, 15) is 13.2 Å². The Hall–Kier alpha value is -1.36. The molecule has 1 aliphatic rings. The fourth-order valence-electron chi connectivity index (χ4n) is 3.02. The Bertz CT molecular complexity index is 564. The van der Waals surface area contributed by atoms with E-state index in [1.165, 1.54) is 12.5 Å². The van der Waals surface area contributed by atoms with Gasteiger partial charge in [0.15, 0.2) is 0 Å². The highest BCUT2D eigenvalue weighted by molar-refractivity contribution is 5.90. The highest BCUT2D eigenvalue weighted by Crippen LogP contribution is 2.35. The molecule has 0 aromatic heterocycles. The van der Waals surface area contributed by atoms with Gasteiger partial charge in [-0.05, 0) is 56.6 Å². The highest BCUT2D eigenvalue weighted by atomic mass is 19.4. The van der Waals surface area contributed by atoms with Crippen molar-refractivity contribution in [2.75, 3.05) is 6.54 Å². The summed E-state index contributed by atoms with van der Waals surface area (Å²) < 4.78 is 40.3. The lowest BCUT2D eigenvalue weighted by Gasteiger charge is -2.27. The third kappa shape index (κ3) is 6.42. The van der Waals surface area contributed by atoms with E-state index >= 15 is 0 Å². The molecule has 1 saturated carbocycles. The normalized spacial score (nSPS) is 19.5. The minimum atomic E-state index is -4.25. The zero-order valence-electron chi connectivity index (χ0n) is 16.5. The summed E-state index contributed by atoms with van der Waals surface area (Å²) in [6, 6.07) is 0. The molecular formula is C21H33F3N2. The first-order valence-corrected chi connectivity index (χ1v) is 9.67. The molecule has 1 unspecified atom stereocenters. The van der Waals surface area contributed by atoms with Crippen LogP contribution in [-0.4, -0.2) is 18.4 Å². The van der Waals surface area contributed by atoms with E-state index in [0.29, 0.717) is 30.2 Å². The molecule has 1 aliphatic carbocycles. The molecular weight excluding hydrogens is 337 g/mol. The first-order chi connectivity index (χ1) is 12.3. The Morgan fingerprint density at radius 3 is 2.31 bits per heavy atom. The molecule has 148 valence electrons. The number of nitrogens with two attached hydrogens (primary N) is 1. The fraction of sp³-hybridized carbons (Fsp3) is 0.667. The molecule has 1 rings (SSSR count). The van der Waals surface area contributed by atoms with E-state index < -0.39 is 12.1 Å². The zero-order valence-corrected chi connectivity index (χ0v) is 16.5. The molecule has 0 spiro atoms. The molecule has 0 aromatic rings. The lowest BCUT2D eigenvalue weighted by atomic mass is 9.81. The van der Waals surface area contributed by atoms with E-state index in [0.717, 1.165) is 30.5 Å². The van der Waals surface area contributed by atoms with Gasteiger partial charge in [-0.15, -0.1) is 0 Å². The van der Waals surface area contributed by atoms with Gasteiger partial charge in [-0.2, -0.15) is 13.2 Å². The van der Waals surface area contributed by atoms with Crippen molar-refractivity contribution in [1.29, 1.82) is 0 Å². The second kappa shape index (κ2) is 10.7. The molecule has 2 N–H and O–H groups in total. The minimum Gasteiger partial charge on any atom is -0.325 e. The van der Waals surface area contributed by atoms with Crippen molar-refractivity contribution < 1.29 is 13.2 Å². The molecule has 1 atom stereocenters. The van der Waals surface area contributed by atoms with Gasteiger partial charge in [0.25, 0.3) is 0 Å². The van der Waals surface area contributed by atoms with Crippen LogP contribution in [0.4, 0.5) is 13.2 Å². The number of allylic oxidation sites excluding steroid dienone is 4. The van der Waals surface area contributed by atoms with Crippen molar-refractivity contribution in [2.24, 2.45) is 22.6 Å². The van der Waals surface area contributed by atoms with E-state index in [1.807, 2.05) is 20.8 Å². The largest absolute Gasteiger partial charge is 0.395 e. The standard InChI is InChI=1S/C21H33F3N2/c1-5-9-17(13-18(10-6-2)21(22,23)24)20(15(4)7-3)26-19(14-25)16-11-8-12-16/h5,9,13,16,18H,6-8,10-12,14,25H2,1-4H3/b9-5-,17-13+,20-15+,26-19-. The number of alkyl halides is 3. The molecule has 0 saturated heterocycles. The molecule has 26 heavy (non-hydrogen) atoms. The van der Waals surface area contributed by atoms with Crippen molar-refractivity contribution in [3.8, 4) is 0 Å². The number of rotatable bonds is 9. The lowest BCUT2D eigenvalue weighted by Crippen LogP contribution is -2.29. The molecule has 0 aromatic carbocycles. The van der Waals surface area contributed by atoms with Crippen LogP contribution in [0.1, 0.15) is 66.2 Å². The molecule has 1 fully saturated rings. The molecule has 0 aliphatic heterocycles. The van der Waals surface area contributed by atoms with Gasteiger partial charge in [-0.1, -0.05) is 44.9 Å². The predicted molar refractivity (Wildman–Crippen MR) is 104 cm³/mol. The Morgan fingerprint density at radius 1 is 1.27 bits per heavy atom. The van der Waals surface area contributed by atoms with Gasteiger partial charge < -0.3 is 5.73 Å². The van der Waals surface area contributed by atoms with Crippen LogP contribution in [0.2, 0.25) is 0 Å². The third-order valence-electron chi connectivity index (χ3n) is 5.00. The van der Waals surface area contributed by atoms with Crippen molar-refractivity contribution >= 4 is 5.71 Å². The zero-order chi connectivity index (χ0) is 19.7. The van der Waals surface area contributed by atoms with Gasteiger partial charge in [0.05, 0.1) is 11.6 Å². The molecule has 0 radical (unpaired) electrons. The smallest absolute Gasteiger partial charge is 0.325 e. The summed E-state index contributed by atoms with van der Waals surface area (Å²) in [6.45, 7) is 7.88. The molecule has 5 heteroatoms. The van der Waals surface area contributed by atoms with Crippen LogP contribution in [0, 0.1) is 11.8 Å². The van der Waals surface area contributed by atoms with Crippen LogP contribution in [0.5, 0.6) is 0 Å². The molecule has 0 heterocycles. The van der Waals surface area contributed by atoms with Crippen LogP contribution in [0.25, 0.3) is 0 Å². The van der Waals surface area contributed by atoms with Crippen LogP contribution < -0.4 is 5.73 Å². The Morgan fingerprint density at radius 2 is 1.92 bits per heavy atom. The van der Waals surface area contributed by atoms with E-state index in [1.54, 1.807) is 19.1 Å². The van der Waals surface area contributed by atoms with Gasteiger partial charge in [-0.25, -0.2) is 0 Å². The minimum absolute atomic E-state index is 0.0824. The average molecular weight is 371 g/mol. The first kappa shape index (κ1) is 22.7. The van der Waals surface area contributed by atoms with Gasteiger partial charge in [0, 0.05) is 12.3 Å². The van der Waals surface area contributed by atoms with Crippen molar-refractivity contribution in [3.05, 3.63) is 35.1 Å². The fourth-order valence-corrected chi connectivity index (χ4v) is 3.02. The van der Waals surface area contributed by atoms with Crippen LogP contribution in [0.3, 0.4) is 0 Å². The number of hydrogen-bond acceptors (Lipinski definition) is 2. The summed E-state index contributed by atoms with van der Waals surface area (Å²) in [6.07, 6.45) is 5.21. The third-order valence-corrected chi connectivity index (χ3v) is 5.00. The number of aliphatic imine (C=N–C) groups is 1. The van der Waals surface area contributed by atoms with Crippen LogP contribution >= 0.6 is 0 Å². The Balaban J connectivity index is 3.41. The van der Waals surface area contributed by atoms with Crippen molar-refractivity contribution in [1.82, 2.24) is 0 Å². The summed E-state index contributed by atoms with van der Waals surface area (Å²) in [7, 11) is 0. The predicted octanol–water partition coefficient (Wildman–Crippen LogP) is 6.35. The quantitative estimate of drug-likeness (QED) is 0.373. The van der Waals surface area contributed by atoms with Gasteiger partial charge >= 0.3 is 6.18 Å². The van der Waals surface area contributed by atoms with Crippen LogP contribution in [0.15, 0.2) is 40.1 Å². The maximum atomic E-state index is 13.4. The number of hydrogen-bond donors (Lipinski definition) is 1. The van der Waals surface area contributed by atoms with E-state index in [2.05, 4.69) is 0 Å². The summed E-state index contributed by atoms with van der Waals surface area (Å²) in [5.74, 6) is -1.08. The first-order valence-electron chi connectivity index (χ1n) is 9.67. The average Bonchev–Trinajstić information content (AvgIpc) is 2.54. The lowest BCUT2D eigenvalue weighted by molar-refractivity contribution is -0.162. The number of nitrogens with zero attached hydrogens (tertiary/aromatic N) is 1.